The van der Waals surface area contributed by atoms with E-state index in [4.69, 9.17) is 4.74 Å². The summed E-state index contributed by atoms with van der Waals surface area (Å²) in [6.07, 6.45) is -4.22. The predicted molar refractivity (Wildman–Crippen MR) is 94.4 cm³/mol. The van der Waals surface area contributed by atoms with Gasteiger partial charge in [0.25, 0.3) is 5.56 Å². The average molecular weight is 359 g/mol. The molecule has 0 unspecified atom stereocenters. The molecule has 134 valence electrons. The lowest BCUT2D eigenvalue weighted by molar-refractivity contribution is -0.136. The highest BCUT2D eigenvalue weighted by Gasteiger charge is 2.32. The third-order valence-corrected chi connectivity index (χ3v) is 4.23. The lowest BCUT2D eigenvalue weighted by atomic mass is 9.98. The zero-order chi connectivity index (χ0) is 18.9. The van der Waals surface area contributed by atoms with Gasteiger partial charge in [0.05, 0.1) is 18.2 Å². The number of hydrogen-bond donors (Lipinski definition) is 0. The first-order valence-corrected chi connectivity index (χ1v) is 8.04. The molecule has 26 heavy (non-hydrogen) atoms. The number of nitrogens with zero attached hydrogens (tertiary/aromatic N) is 1. The van der Waals surface area contributed by atoms with E-state index in [2.05, 4.69) is 4.98 Å². The number of hydrogen-bond acceptors (Lipinski definition) is 3. The van der Waals surface area contributed by atoms with Crippen LogP contribution >= 0.6 is 0 Å². The fourth-order valence-corrected chi connectivity index (χ4v) is 3.02. The van der Waals surface area contributed by atoms with E-state index in [1.165, 1.54) is 25.3 Å². The Labute approximate surface area is 148 Å². The molecule has 6 heteroatoms. The number of fused-ring (bicyclic) bond motifs is 1. The van der Waals surface area contributed by atoms with E-state index < -0.39 is 17.3 Å². The van der Waals surface area contributed by atoms with E-state index >= 15 is 0 Å². The Hall–Kier alpha value is -2.89. The first kappa shape index (κ1) is 17.9. The van der Waals surface area contributed by atoms with Crippen molar-refractivity contribution in [1.82, 2.24) is 4.98 Å². The molecule has 0 saturated carbocycles. The molecule has 0 bridgehead atoms. The van der Waals surface area contributed by atoms with Crippen molar-refractivity contribution in [3.05, 3.63) is 70.0 Å². The summed E-state index contributed by atoms with van der Waals surface area (Å²) < 4.78 is 45.8. The van der Waals surface area contributed by atoms with Gasteiger partial charge in [0, 0.05) is 16.5 Å². The Kier molecular flexibility index (Phi) is 4.68. The lowest BCUT2D eigenvalue weighted by Gasteiger charge is -2.11. The number of halogens is 3. The Balaban J connectivity index is 2.51. The molecule has 0 fully saturated rings. The third kappa shape index (κ3) is 3.14. The number of ether oxygens (including phenoxy) is 1. The molecule has 0 amide bonds. The van der Waals surface area contributed by atoms with Gasteiger partial charge in [-0.2, -0.15) is 13.2 Å². The summed E-state index contributed by atoms with van der Waals surface area (Å²) in [5, 5.41) is -0.113. The normalized spacial score (nSPS) is 11.6. The summed E-state index contributed by atoms with van der Waals surface area (Å²) >= 11 is 0. The van der Waals surface area contributed by atoms with Crippen molar-refractivity contribution in [1.29, 1.82) is 0 Å². The third-order valence-electron chi connectivity index (χ3n) is 4.23. The molecule has 0 spiro atoms. The number of methoxy groups -OCH3 is 1. The maximum Gasteiger partial charge on any atom is 0.417 e. The molecule has 0 aliphatic heterocycles. The van der Waals surface area contributed by atoms with Crippen molar-refractivity contribution in [3.63, 3.8) is 0 Å². The van der Waals surface area contributed by atoms with Crippen molar-refractivity contribution in [3.8, 4) is 16.9 Å². The largest absolute Gasteiger partial charge is 0.496 e. The second kappa shape index (κ2) is 6.78. The first-order chi connectivity index (χ1) is 12.4. The summed E-state index contributed by atoms with van der Waals surface area (Å²) in [6, 6.07) is 12.0. The summed E-state index contributed by atoms with van der Waals surface area (Å²) in [6.45, 7) is 1.77. The van der Waals surface area contributed by atoms with E-state index in [-0.39, 0.29) is 10.9 Å². The van der Waals surface area contributed by atoms with Gasteiger partial charge in [-0.25, -0.2) is 4.98 Å². The van der Waals surface area contributed by atoms with Crippen molar-refractivity contribution in [2.75, 3.05) is 7.11 Å². The molecule has 0 radical (unpaired) electrons. The van der Waals surface area contributed by atoms with Crippen molar-refractivity contribution >= 4 is 10.9 Å². The molecular formula is C20H16F3NO2. The van der Waals surface area contributed by atoms with Gasteiger partial charge in [0.1, 0.15) is 5.75 Å². The maximum atomic E-state index is 13.5. The Morgan fingerprint density at radius 2 is 1.77 bits per heavy atom. The van der Waals surface area contributed by atoms with Crippen LogP contribution in [0.2, 0.25) is 0 Å². The lowest BCUT2D eigenvalue weighted by Crippen LogP contribution is -2.10. The number of alkyl halides is 3. The molecule has 3 nitrogen and oxygen atoms in total. The Morgan fingerprint density at radius 1 is 1.04 bits per heavy atom. The van der Waals surface area contributed by atoms with Crippen LogP contribution in [0.4, 0.5) is 13.2 Å². The minimum absolute atomic E-state index is 0.0145. The van der Waals surface area contributed by atoms with Gasteiger partial charge in [-0.15, -0.1) is 0 Å². The predicted octanol–water partition coefficient (Wildman–Crippen LogP) is 4.85. The molecule has 0 aliphatic rings. The van der Waals surface area contributed by atoms with Crippen LogP contribution in [-0.4, -0.2) is 12.1 Å². The van der Waals surface area contributed by atoms with Crippen LogP contribution in [0.15, 0.2) is 53.3 Å². The summed E-state index contributed by atoms with van der Waals surface area (Å²) in [7, 11) is 1.48. The van der Waals surface area contributed by atoms with Crippen LogP contribution in [0, 0.1) is 0 Å². The van der Waals surface area contributed by atoms with E-state index in [0.29, 0.717) is 28.9 Å². The fraction of sp³-hybridized carbons (Fsp3) is 0.200. The highest BCUT2D eigenvalue weighted by molar-refractivity contribution is 5.88. The van der Waals surface area contributed by atoms with Crippen molar-refractivity contribution in [2.45, 2.75) is 19.5 Å². The molecule has 0 atom stereocenters. The molecular weight excluding hydrogens is 343 g/mol. The first-order valence-electron chi connectivity index (χ1n) is 8.04. The highest BCUT2D eigenvalue weighted by atomic mass is 19.4. The molecule has 0 saturated heterocycles. The number of benzene rings is 2. The molecule has 1 aromatic heterocycles. The van der Waals surface area contributed by atoms with Crippen molar-refractivity contribution in [2.24, 2.45) is 0 Å². The molecule has 0 aliphatic carbocycles. The summed E-state index contributed by atoms with van der Waals surface area (Å²) in [4.78, 5) is 16.5. The molecule has 2 aromatic carbocycles. The van der Waals surface area contributed by atoms with E-state index in [0.717, 1.165) is 6.07 Å². The van der Waals surface area contributed by atoms with Crippen LogP contribution in [0.3, 0.4) is 0 Å². The van der Waals surface area contributed by atoms with Gasteiger partial charge < -0.3 is 4.74 Å². The van der Waals surface area contributed by atoms with E-state index in [1.807, 2.05) is 0 Å². The number of para-hydroxylation sites is 1. The quantitative estimate of drug-likeness (QED) is 0.671. The standard InChI is InChI=1S/C20H16F3NO2/c1-3-12-14(13-7-4-5-10-18(13)26-2)11-15-16(20(21,22)23)8-6-9-17(15)24-19(12)25/h4-11H,3H2,1-2H3. The second-order valence-electron chi connectivity index (χ2n) is 5.74. The van der Waals surface area contributed by atoms with Gasteiger partial charge in [-0.1, -0.05) is 31.2 Å². The van der Waals surface area contributed by atoms with E-state index in [9.17, 15) is 18.0 Å². The Morgan fingerprint density at radius 3 is 2.42 bits per heavy atom. The molecule has 3 aromatic rings. The summed E-state index contributed by atoms with van der Waals surface area (Å²) in [5.41, 5.74) is -0.0482. The zero-order valence-electron chi connectivity index (χ0n) is 14.2. The van der Waals surface area contributed by atoms with Gasteiger partial charge in [-0.05, 0) is 36.2 Å². The smallest absolute Gasteiger partial charge is 0.417 e. The summed E-state index contributed by atoms with van der Waals surface area (Å²) in [5.74, 6) is 0.477. The maximum absolute atomic E-state index is 13.5. The molecule has 3 rings (SSSR count). The van der Waals surface area contributed by atoms with Crippen molar-refractivity contribution < 1.29 is 17.9 Å². The number of aromatic nitrogens is 1. The van der Waals surface area contributed by atoms with Crippen LogP contribution in [0.5, 0.6) is 5.75 Å². The second-order valence-corrected chi connectivity index (χ2v) is 5.74. The van der Waals surface area contributed by atoms with Gasteiger partial charge >= 0.3 is 6.18 Å². The minimum Gasteiger partial charge on any atom is -0.496 e. The highest BCUT2D eigenvalue weighted by Crippen LogP contribution is 2.37. The van der Waals surface area contributed by atoms with Gasteiger partial charge in [-0.3, -0.25) is 4.79 Å². The zero-order valence-corrected chi connectivity index (χ0v) is 14.2. The molecule has 0 N–H and O–H groups in total. The van der Waals surface area contributed by atoms with Gasteiger partial charge in [0.2, 0.25) is 0 Å². The SMILES string of the molecule is CCc1c(-c2ccccc2OC)cc2c(C(F)(F)F)cccc2nc1=O. The fourth-order valence-electron chi connectivity index (χ4n) is 3.02. The van der Waals surface area contributed by atoms with Gasteiger partial charge in [0.15, 0.2) is 0 Å². The van der Waals surface area contributed by atoms with E-state index in [1.54, 1.807) is 31.2 Å². The topological polar surface area (TPSA) is 39.2 Å². The average Bonchev–Trinajstić information content (AvgIpc) is 2.75. The molecule has 1 heterocycles. The van der Waals surface area contributed by atoms with Crippen LogP contribution < -0.4 is 10.3 Å². The number of rotatable bonds is 3. The monoisotopic (exact) mass is 359 g/mol. The van der Waals surface area contributed by atoms with Crippen LogP contribution in [0.1, 0.15) is 18.1 Å². The minimum atomic E-state index is -4.55. The van der Waals surface area contributed by atoms with Crippen LogP contribution in [0.25, 0.3) is 22.0 Å². The Bertz CT molecular complexity index is 1030. The van der Waals surface area contributed by atoms with Crippen LogP contribution in [-0.2, 0) is 12.6 Å².